The van der Waals surface area contributed by atoms with Gasteiger partial charge in [0.15, 0.2) is 0 Å². The van der Waals surface area contributed by atoms with Crippen LogP contribution in [0.5, 0.6) is 0 Å². The lowest BCUT2D eigenvalue weighted by atomic mass is 10.1. The zero-order valence-electron chi connectivity index (χ0n) is 10.0. The van der Waals surface area contributed by atoms with E-state index in [-0.39, 0.29) is 12.2 Å². The first kappa shape index (κ1) is 12.3. The first-order valence-electron chi connectivity index (χ1n) is 6.31. The number of rotatable bonds is 5. The molecular weight excluding hydrogens is 216 g/mol. The smallest absolute Gasteiger partial charge is 0.250 e. The quantitative estimate of drug-likeness (QED) is 0.787. The summed E-state index contributed by atoms with van der Waals surface area (Å²) in [6, 6.07) is 5.62. The van der Waals surface area contributed by atoms with Crippen molar-refractivity contribution >= 4 is 0 Å². The van der Waals surface area contributed by atoms with Crippen molar-refractivity contribution in [3.8, 4) is 0 Å². The Morgan fingerprint density at radius 3 is 3.06 bits per heavy atom. The summed E-state index contributed by atoms with van der Waals surface area (Å²) in [5.74, 6) is 0.391. The summed E-state index contributed by atoms with van der Waals surface area (Å²) in [7, 11) is 0. The molecule has 0 aliphatic heterocycles. The van der Waals surface area contributed by atoms with Gasteiger partial charge in [-0.05, 0) is 24.8 Å². The molecule has 2 rings (SSSR count). The SMILES string of the molecule is O=c1ccccn1CCNC1CCCC1CO. The second-order valence-corrected chi connectivity index (χ2v) is 4.67. The van der Waals surface area contributed by atoms with Gasteiger partial charge in [-0.15, -0.1) is 0 Å². The predicted molar refractivity (Wildman–Crippen MR) is 66.9 cm³/mol. The van der Waals surface area contributed by atoms with Crippen LogP contribution >= 0.6 is 0 Å². The van der Waals surface area contributed by atoms with Crippen molar-refractivity contribution in [1.29, 1.82) is 0 Å². The van der Waals surface area contributed by atoms with Gasteiger partial charge in [-0.3, -0.25) is 4.79 Å². The third-order valence-electron chi connectivity index (χ3n) is 3.55. The van der Waals surface area contributed by atoms with Crippen LogP contribution in [0.1, 0.15) is 19.3 Å². The van der Waals surface area contributed by atoms with Gasteiger partial charge in [-0.1, -0.05) is 12.5 Å². The van der Waals surface area contributed by atoms with E-state index in [1.165, 1.54) is 6.42 Å². The van der Waals surface area contributed by atoms with Gasteiger partial charge >= 0.3 is 0 Å². The minimum absolute atomic E-state index is 0.0411. The predicted octanol–water partition coefficient (Wildman–Crippen LogP) is 0.599. The van der Waals surface area contributed by atoms with Crippen LogP contribution in [0.15, 0.2) is 29.2 Å². The lowest BCUT2D eigenvalue weighted by Gasteiger charge is -2.19. The molecule has 0 radical (unpaired) electrons. The normalized spacial score (nSPS) is 24.1. The van der Waals surface area contributed by atoms with E-state index in [0.29, 0.717) is 18.5 Å². The van der Waals surface area contributed by atoms with Gasteiger partial charge in [0, 0.05) is 38.0 Å². The third kappa shape index (κ3) is 3.17. The zero-order valence-corrected chi connectivity index (χ0v) is 10.0. The molecule has 4 heteroatoms. The van der Waals surface area contributed by atoms with E-state index in [2.05, 4.69) is 5.32 Å². The number of aromatic nitrogens is 1. The Kier molecular flexibility index (Phi) is 4.34. The average Bonchev–Trinajstić information content (AvgIpc) is 2.79. The molecule has 1 aromatic rings. The molecule has 1 saturated carbocycles. The molecule has 1 fully saturated rings. The number of aliphatic hydroxyl groups is 1. The Labute approximate surface area is 101 Å². The first-order chi connectivity index (χ1) is 8.31. The van der Waals surface area contributed by atoms with Gasteiger partial charge in [0.25, 0.3) is 5.56 Å². The molecule has 0 saturated heterocycles. The van der Waals surface area contributed by atoms with Crippen LogP contribution in [0, 0.1) is 5.92 Å². The maximum atomic E-state index is 11.5. The molecule has 0 spiro atoms. The summed E-state index contributed by atoms with van der Waals surface area (Å²) in [5.41, 5.74) is 0.0411. The summed E-state index contributed by atoms with van der Waals surface area (Å²) < 4.78 is 1.70. The van der Waals surface area contributed by atoms with Crippen LogP contribution in [0.3, 0.4) is 0 Å². The van der Waals surface area contributed by atoms with Crippen molar-refractivity contribution in [2.75, 3.05) is 13.2 Å². The Morgan fingerprint density at radius 2 is 2.29 bits per heavy atom. The highest BCUT2D eigenvalue weighted by Gasteiger charge is 2.25. The lowest BCUT2D eigenvalue weighted by molar-refractivity contribution is 0.205. The van der Waals surface area contributed by atoms with E-state index in [0.717, 1.165) is 19.4 Å². The number of hydrogen-bond acceptors (Lipinski definition) is 3. The molecule has 0 bridgehead atoms. The molecule has 0 amide bonds. The fourth-order valence-corrected chi connectivity index (χ4v) is 2.54. The topological polar surface area (TPSA) is 54.3 Å². The number of nitrogens with zero attached hydrogens (tertiary/aromatic N) is 1. The summed E-state index contributed by atoms with van der Waals surface area (Å²) in [5, 5.41) is 12.6. The molecule has 2 unspecified atom stereocenters. The second-order valence-electron chi connectivity index (χ2n) is 4.67. The summed E-state index contributed by atoms with van der Waals surface area (Å²) in [6.45, 7) is 1.74. The van der Waals surface area contributed by atoms with E-state index in [4.69, 9.17) is 0 Å². The number of hydrogen-bond donors (Lipinski definition) is 2. The zero-order chi connectivity index (χ0) is 12.1. The van der Waals surface area contributed by atoms with Crippen molar-refractivity contribution in [2.24, 2.45) is 5.92 Å². The molecule has 2 N–H and O–H groups in total. The minimum Gasteiger partial charge on any atom is -0.396 e. The van der Waals surface area contributed by atoms with Gasteiger partial charge < -0.3 is 15.0 Å². The molecule has 1 aliphatic carbocycles. The monoisotopic (exact) mass is 236 g/mol. The van der Waals surface area contributed by atoms with E-state index >= 15 is 0 Å². The van der Waals surface area contributed by atoms with Crippen LogP contribution < -0.4 is 10.9 Å². The van der Waals surface area contributed by atoms with Gasteiger partial charge in [0.2, 0.25) is 0 Å². The highest BCUT2D eigenvalue weighted by atomic mass is 16.3. The fraction of sp³-hybridized carbons (Fsp3) is 0.615. The molecular formula is C13H20N2O2. The van der Waals surface area contributed by atoms with Crippen LogP contribution in [0.2, 0.25) is 0 Å². The van der Waals surface area contributed by atoms with Crippen LogP contribution in [-0.2, 0) is 6.54 Å². The molecule has 1 aromatic heterocycles. The van der Waals surface area contributed by atoms with Crippen molar-refractivity contribution in [3.05, 3.63) is 34.7 Å². The minimum atomic E-state index is 0.0411. The standard InChI is InChI=1S/C13H20N2O2/c16-10-11-4-3-5-12(11)14-7-9-15-8-2-1-6-13(15)17/h1-2,6,8,11-12,14,16H,3-5,7,9-10H2. The van der Waals surface area contributed by atoms with Crippen molar-refractivity contribution < 1.29 is 5.11 Å². The summed E-state index contributed by atoms with van der Waals surface area (Å²) in [6.07, 6.45) is 5.24. The highest BCUT2D eigenvalue weighted by molar-refractivity contribution is 4.93. The Morgan fingerprint density at radius 1 is 1.41 bits per heavy atom. The van der Waals surface area contributed by atoms with Crippen LogP contribution in [-0.4, -0.2) is 28.9 Å². The second kappa shape index (κ2) is 5.98. The Hall–Kier alpha value is -1.13. The van der Waals surface area contributed by atoms with Gasteiger partial charge in [0.05, 0.1) is 0 Å². The first-order valence-corrected chi connectivity index (χ1v) is 6.31. The third-order valence-corrected chi connectivity index (χ3v) is 3.55. The fourth-order valence-electron chi connectivity index (χ4n) is 2.54. The summed E-state index contributed by atoms with van der Waals surface area (Å²) in [4.78, 5) is 11.5. The van der Waals surface area contributed by atoms with Crippen LogP contribution in [0.4, 0.5) is 0 Å². The lowest BCUT2D eigenvalue weighted by Crippen LogP contribution is -2.37. The van der Waals surface area contributed by atoms with E-state index < -0.39 is 0 Å². The molecule has 0 aromatic carbocycles. The maximum Gasteiger partial charge on any atom is 0.250 e. The molecule has 1 heterocycles. The molecule has 4 nitrogen and oxygen atoms in total. The van der Waals surface area contributed by atoms with Crippen LogP contribution in [0.25, 0.3) is 0 Å². The maximum absolute atomic E-state index is 11.5. The van der Waals surface area contributed by atoms with E-state index in [9.17, 15) is 9.90 Å². The van der Waals surface area contributed by atoms with Crippen molar-refractivity contribution in [1.82, 2.24) is 9.88 Å². The molecule has 1 aliphatic rings. The number of pyridine rings is 1. The molecule has 2 atom stereocenters. The average molecular weight is 236 g/mol. The van der Waals surface area contributed by atoms with Gasteiger partial charge in [-0.2, -0.15) is 0 Å². The van der Waals surface area contributed by atoms with Gasteiger partial charge in [-0.25, -0.2) is 0 Å². The highest BCUT2D eigenvalue weighted by Crippen LogP contribution is 2.24. The number of aliphatic hydroxyl groups excluding tert-OH is 1. The largest absolute Gasteiger partial charge is 0.396 e. The van der Waals surface area contributed by atoms with Crippen molar-refractivity contribution in [3.63, 3.8) is 0 Å². The van der Waals surface area contributed by atoms with E-state index in [1.807, 2.05) is 12.3 Å². The molecule has 17 heavy (non-hydrogen) atoms. The van der Waals surface area contributed by atoms with Gasteiger partial charge in [0.1, 0.15) is 0 Å². The number of nitrogens with one attached hydrogen (secondary N) is 1. The Balaban J connectivity index is 1.80. The van der Waals surface area contributed by atoms with E-state index in [1.54, 1.807) is 16.7 Å². The Bertz CT molecular complexity index is 402. The summed E-state index contributed by atoms with van der Waals surface area (Å²) >= 11 is 0. The molecule has 94 valence electrons. The van der Waals surface area contributed by atoms with Crippen molar-refractivity contribution in [2.45, 2.75) is 31.8 Å².